The first kappa shape index (κ1) is 9.79. The zero-order valence-electron chi connectivity index (χ0n) is 9.80. The van der Waals surface area contributed by atoms with E-state index in [9.17, 15) is 0 Å². The molecule has 0 aliphatic carbocycles. The number of nitrogens with one attached hydrogen (secondary N) is 1. The molecular formula is C14H16N2. The Balaban J connectivity index is 2.34. The predicted octanol–water partition coefficient (Wildman–Crippen LogP) is 2.50. The topological polar surface area (TPSA) is 24.9 Å². The molecule has 82 valence electrons. The summed E-state index contributed by atoms with van der Waals surface area (Å²) in [5.74, 6) is 0. The Labute approximate surface area is 95.7 Å². The second-order valence-electron chi connectivity index (χ2n) is 4.64. The largest absolute Gasteiger partial charge is 0.312 e. The maximum Gasteiger partial charge on any atom is 0.0707 e. The van der Waals surface area contributed by atoms with Crippen LogP contribution in [0.5, 0.6) is 0 Å². The standard InChI is InChI=1S/C14H16N2/c1-9-5-13-12-3-4-15-7-11(12)8-16-14(13)6-10(9)2/h5-6,8,15H,3-4,7H2,1-2H3. The van der Waals surface area contributed by atoms with Crippen molar-refractivity contribution in [1.82, 2.24) is 10.3 Å². The van der Waals surface area contributed by atoms with Gasteiger partial charge in [-0.05, 0) is 61.2 Å². The first-order chi connectivity index (χ1) is 7.75. The smallest absolute Gasteiger partial charge is 0.0707 e. The second-order valence-corrected chi connectivity index (χ2v) is 4.64. The SMILES string of the molecule is Cc1cc2ncc3c(c2cc1C)CCNC3. The minimum atomic E-state index is 0.963. The zero-order valence-corrected chi connectivity index (χ0v) is 9.80. The molecule has 1 aromatic carbocycles. The van der Waals surface area contributed by atoms with Crippen molar-refractivity contribution in [2.45, 2.75) is 26.8 Å². The summed E-state index contributed by atoms with van der Waals surface area (Å²) < 4.78 is 0. The van der Waals surface area contributed by atoms with Crippen LogP contribution in [0, 0.1) is 13.8 Å². The lowest BCUT2D eigenvalue weighted by atomic mass is 9.95. The van der Waals surface area contributed by atoms with Crippen molar-refractivity contribution in [3.05, 3.63) is 40.6 Å². The van der Waals surface area contributed by atoms with Crippen LogP contribution >= 0.6 is 0 Å². The number of pyridine rings is 1. The van der Waals surface area contributed by atoms with Crippen molar-refractivity contribution in [3.63, 3.8) is 0 Å². The monoisotopic (exact) mass is 212 g/mol. The van der Waals surface area contributed by atoms with Gasteiger partial charge < -0.3 is 5.32 Å². The van der Waals surface area contributed by atoms with Gasteiger partial charge in [-0.2, -0.15) is 0 Å². The molecule has 1 aliphatic heterocycles. The summed E-state index contributed by atoms with van der Waals surface area (Å²) in [5.41, 5.74) is 6.69. The van der Waals surface area contributed by atoms with Crippen LogP contribution in [-0.4, -0.2) is 11.5 Å². The molecule has 2 heterocycles. The number of benzene rings is 1. The van der Waals surface area contributed by atoms with E-state index < -0.39 is 0 Å². The molecule has 0 bridgehead atoms. The van der Waals surface area contributed by atoms with Gasteiger partial charge in [0, 0.05) is 18.1 Å². The summed E-state index contributed by atoms with van der Waals surface area (Å²) in [6.45, 7) is 6.37. The van der Waals surface area contributed by atoms with Gasteiger partial charge in [0.25, 0.3) is 0 Å². The lowest BCUT2D eigenvalue weighted by molar-refractivity contribution is 0.645. The van der Waals surface area contributed by atoms with Gasteiger partial charge in [0.15, 0.2) is 0 Å². The Bertz CT molecular complexity index is 558. The maximum absolute atomic E-state index is 4.56. The molecule has 1 aliphatic rings. The van der Waals surface area contributed by atoms with Gasteiger partial charge >= 0.3 is 0 Å². The fourth-order valence-corrected chi connectivity index (χ4v) is 2.43. The van der Waals surface area contributed by atoms with Crippen LogP contribution in [0.25, 0.3) is 10.9 Å². The molecule has 0 unspecified atom stereocenters. The number of nitrogens with zero attached hydrogens (tertiary/aromatic N) is 1. The Morgan fingerprint density at radius 2 is 2.00 bits per heavy atom. The average Bonchev–Trinajstić information content (AvgIpc) is 2.31. The van der Waals surface area contributed by atoms with Crippen LogP contribution in [0.15, 0.2) is 18.3 Å². The quantitative estimate of drug-likeness (QED) is 0.725. The Morgan fingerprint density at radius 3 is 2.88 bits per heavy atom. The number of fused-ring (bicyclic) bond motifs is 3. The van der Waals surface area contributed by atoms with Crippen molar-refractivity contribution < 1.29 is 0 Å². The Morgan fingerprint density at radius 1 is 1.19 bits per heavy atom. The van der Waals surface area contributed by atoms with Crippen LogP contribution in [0.1, 0.15) is 22.3 Å². The number of aromatic nitrogens is 1. The van der Waals surface area contributed by atoms with Crippen molar-refractivity contribution in [3.8, 4) is 0 Å². The minimum absolute atomic E-state index is 0.963. The fraction of sp³-hybridized carbons (Fsp3) is 0.357. The second kappa shape index (κ2) is 3.56. The first-order valence-corrected chi connectivity index (χ1v) is 5.84. The van der Waals surface area contributed by atoms with E-state index in [1.54, 1.807) is 0 Å². The van der Waals surface area contributed by atoms with E-state index in [4.69, 9.17) is 0 Å². The van der Waals surface area contributed by atoms with Crippen LogP contribution in [-0.2, 0) is 13.0 Å². The first-order valence-electron chi connectivity index (χ1n) is 5.84. The number of aryl methyl sites for hydroxylation is 2. The lowest BCUT2D eigenvalue weighted by Crippen LogP contribution is -2.24. The van der Waals surface area contributed by atoms with Gasteiger partial charge in [-0.25, -0.2) is 0 Å². The molecule has 16 heavy (non-hydrogen) atoms. The third-order valence-electron chi connectivity index (χ3n) is 3.55. The van der Waals surface area contributed by atoms with Gasteiger partial charge in [0.2, 0.25) is 0 Å². The molecule has 2 aromatic rings. The highest BCUT2D eigenvalue weighted by Gasteiger charge is 2.13. The summed E-state index contributed by atoms with van der Waals surface area (Å²) in [7, 11) is 0. The van der Waals surface area contributed by atoms with Gasteiger partial charge in [0.05, 0.1) is 5.52 Å². The highest BCUT2D eigenvalue weighted by atomic mass is 14.9. The molecule has 0 saturated carbocycles. The van der Waals surface area contributed by atoms with Crippen LogP contribution in [0.3, 0.4) is 0 Å². The summed E-state index contributed by atoms with van der Waals surface area (Å²) in [6.07, 6.45) is 3.15. The minimum Gasteiger partial charge on any atom is -0.312 e. The van der Waals surface area contributed by atoms with E-state index in [0.29, 0.717) is 0 Å². The zero-order chi connectivity index (χ0) is 11.1. The maximum atomic E-state index is 4.56. The molecule has 0 spiro atoms. The normalized spacial score (nSPS) is 15.1. The van der Waals surface area contributed by atoms with Gasteiger partial charge in [-0.1, -0.05) is 0 Å². The molecule has 0 atom stereocenters. The number of hydrogen-bond acceptors (Lipinski definition) is 2. The van der Waals surface area contributed by atoms with Gasteiger partial charge in [0.1, 0.15) is 0 Å². The van der Waals surface area contributed by atoms with Crippen molar-refractivity contribution >= 4 is 10.9 Å². The van der Waals surface area contributed by atoms with E-state index >= 15 is 0 Å². The molecule has 0 saturated heterocycles. The number of rotatable bonds is 0. The summed E-state index contributed by atoms with van der Waals surface area (Å²) in [4.78, 5) is 4.56. The molecule has 2 heteroatoms. The van der Waals surface area contributed by atoms with Crippen LogP contribution in [0.4, 0.5) is 0 Å². The average molecular weight is 212 g/mol. The molecule has 0 amide bonds. The molecule has 2 nitrogen and oxygen atoms in total. The van der Waals surface area contributed by atoms with E-state index in [-0.39, 0.29) is 0 Å². The lowest BCUT2D eigenvalue weighted by Gasteiger charge is -2.19. The highest BCUT2D eigenvalue weighted by molar-refractivity contribution is 5.84. The molecule has 1 N–H and O–H groups in total. The highest BCUT2D eigenvalue weighted by Crippen LogP contribution is 2.25. The van der Waals surface area contributed by atoms with Crippen LogP contribution < -0.4 is 5.32 Å². The van der Waals surface area contributed by atoms with Crippen molar-refractivity contribution in [2.75, 3.05) is 6.54 Å². The molecule has 0 fully saturated rings. The van der Waals surface area contributed by atoms with Crippen molar-refractivity contribution in [2.24, 2.45) is 0 Å². The molecular weight excluding hydrogens is 196 g/mol. The van der Waals surface area contributed by atoms with Crippen LogP contribution in [0.2, 0.25) is 0 Å². The third-order valence-corrected chi connectivity index (χ3v) is 3.55. The Hall–Kier alpha value is -1.41. The number of hydrogen-bond donors (Lipinski definition) is 1. The van der Waals surface area contributed by atoms with Gasteiger partial charge in [-0.3, -0.25) is 4.98 Å². The summed E-state index contributed by atoms with van der Waals surface area (Å²) in [6, 6.07) is 4.49. The third kappa shape index (κ3) is 1.41. The van der Waals surface area contributed by atoms with E-state index in [2.05, 4.69) is 36.3 Å². The molecule has 1 aromatic heterocycles. The molecule has 0 radical (unpaired) electrons. The molecule has 3 rings (SSSR count). The van der Waals surface area contributed by atoms with E-state index in [1.807, 2.05) is 6.20 Å². The summed E-state index contributed by atoms with van der Waals surface area (Å²) in [5, 5.41) is 4.74. The Kier molecular flexibility index (Phi) is 2.18. The van der Waals surface area contributed by atoms with E-state index in [1.165, 1.54) is 27.6 Å². The van der Waals surface area contributed by atoms with Gasteiger partial charge in [-0.15, -0.1) is 0 Å². The van der Waals surface area contributed by atoms with Crippen molar-refractivity contribution in [1.29, 1.82) is 0 Å². The predicted molar refractivity (Wildman–Crippen MR) is 66.6 cm³/mol. The fourth-order valence-electron chi connectivity index (χ4n) is 2.43. The van der Waals surface area contributed by atoms with E-state index in [0.717, 1.165) is 25.0 Å². The summed E-state index contributed by atoms with van der Waals surface area (Å²) >= 11 is 0.